The van der Waals surface area contributed by atoms with Gasteiger partial charge >= 0.3 is 5.97 Å². The third-order valence-electron chi connectivity index (χ3n) is 5.58. The van der Waals surface area contributed by atoms with Crippen molar-refractivity contribution in [2.24, 2.45) is 0 Å². The Morgan fingerprint density at radius 1 is 0.848 bits per heavy atom. The Morgan fingerprint density at radius 3 is 2.15 bits per heavy atom. The van der Waals surface area contributed by atoms with Crippen molar-refractivity contribution in [1.29, 1.82) is 0 Å². The lowest BCUT2D eigenvalue weighted by Crippen LogP contribution is -2.11. The zero-order chi connectivity index (χ0) is 24.4. The molecule has 5 rings (SSSR count). The fourth-order valence-corrected chi connectivity index (χ4v) is 3.58. The number of esters is 1. The van der Waals surface area contributed by atoms with Crippen LogP contribution in [0.1, 0.15) is 82.4 Å². The summed E-state index contributed by atoms with van der Waals surface area (Å²) in [4.78, 5) is 11.2. The van der Waals surface area contributed by atoms with Crippen LogP contribution in [0.3, 0.4) is 0 Å². The van der Waals surface area contributed by atoms with Gasteiger partial charge in [-0.05, 0) is 62.7 Å². The highest BCUT2D eigenvalue weighted by Gasteiger charge is 2.23. The van der Waals surface area contributed by atoms with Crippen LogP contribution in [0.15, 0.2) is 48.5 Å². The summed E-state index contributed by atoms with van der Waals surface area (Å²) < 4.78 is 6.72. The Morgan fingerprint density at radius 2 is 1.48 bits per heavy atom. The second-order valence-electron chi connectivity index (χ2n) is 10.0. The lowest BCUT2D eigenvalue weighted by atomic mass is 9.85. The minimum Gasteiger partial charge on any atom is -0.457 e. The average molecular weight is 447 g/mol. The molecular formula is C27H34N4O2. The lowest BCUT2D eigenvalue weighted by Gasteiger charge is -2.19. The van der Waals surface area contributed by atoms with Gasteiger partial charge in [0.1, 0.15) is 6.61 Å². The summed E-state index contributed by atoms with van der Waals surface area (Å²) in [5.41, 5.74) is 6.40. The minimum absolute atomic E-state index is 0.126. The van der Waals surface area contributed by atoms with Gasteiger partial charge in [-0.15, -0.1) is 5.10 Å². The van der Waals surface area contributed by atoms with Crippen molar-refractivity contribution in [3.8, 4) is 0 Å². The van der Waals surface area contributed by atoms with Crippen LogP contribution >= 0.6 is 0 Å². The first kappa shape index (κ1) is 24.4. The van der Waals surface area contributed by atoms with Crippen molar-refractivity contribution in [3.05, 3.63) is 70.8 Å². The molecule has 4 aromatic rings. The number of hydrogen-bond donors (Lipinski definition) is 0. The standard InChI is InChI=1S/C13H14N4.C12H14O2.C2H6/c1-13(2,3)10-5-6-11-9(8-10)4-7-12-14-15-16-17(11)12;1-12(2,3)9-4-5-10-8(6-9)7-14-11(10)13;1-2/h4-8H,1-3H3;4-6H,7H2,1-3H3;1-2H3. The predicted molar refractivity (Wildman–Crippen MR) is 133 cm³/mol. The minimum atomic E-state index is -0.194. The summed E-state index contributed by atoms with van der Waals surface area (Å²) in [6.45, 7) is 17.5. The first-order chi connectivity index (χ1) is 15.5. The maximum atomic E-state index is 11.2. The van der Waals surface area contributed by atoms with Crippen molar-refractivity contribution in [2.45, 2.75) is 72.8 Å². The van der Waals surface area contributed by atoms with Crippen LogP contribution < -0.4 is 0 Å². The van der Waals surface area contributed by atoms with Crippen LogP contribution in [0.5, 0.6) is 0 Å². The second-order valence-corrected chi connectivity index (χ2v) is 10.0. The van der Waals surface area contributed by atoms with Gasteiger partial charge in [0.2, 0.25) is 0 Å². The van der Waals surface area contributed by atoms with Crippen molar-refractivity contribution >= 4 is 22.5 Å². The molecule has 0 saturated carbocycles. The molecule has 2 aromatic heterocycles. The molecule has 0 spiro atoms. The van der Waals surface area contributed by atoms with Crippen LogP contribution in [0.4, 0.5) is 0 Å². The fraction of sp³-hybridized carbons (Fsp3) is 0.407. The van der Waals surface area contributed by atoms with Gasteiger partial charge in [0.25, 0.3) is 0 Å². The van der Waals surface area contributed by atoms with Gasteiger partial charge < -0.3 is 4.74 Å². The van der Waals surface area contributed by atoms with E-state index in [4.69, 9.17) is 4.74 Å². The van der Waals surface area contributed by atoms with E-state index in [1.165, 1.54) is 11.1 Å². The van der Waals surface area contributed by atoms with Gasteiger partial charge in [-0.1, -0.05) is 73.6 Å². The van der Waals surface area contributed by atoms with Crippen molar-refractivity contribution in [2.75, 3.05) is 0 Å². The van der Waals surface area contributed by atoms with Crippen LogP contribution in [0.2, 0.25) is 0 Å². The number of benzene rings is 2. The first-order valence-electron chi connectivity index (χ1n) is 11.5. The molecule has 3 heterocycles. The number of tetrazole rings is 1. The number of fused-ring (bicyclic) bond motifs is 4. The van der Waals surface area contributed by atoms with Crippen molar-refractivity contribution < 1.29 is 9.53 Å². The lowest BCUT2D eigenvalue weighted by molar-refractivity contribution is 0.0535. The van der Waals surface area contributed by atoms with E-state index in [0.717, 1.165) is 27.7 Å². The topological polar surface area (TPSA) is 69.4 Å². The maximum absolute atomic E-state index is 11.2. The van der Waals surface area contributed by atoms with Gasteiger partial charge in [-0.25, -0.2) is 4.79 Å². The average Bonchev–Trinajstić information content (AvgIpc) is 3.41. The molecule has 0 fully saturated rings. The number of pyridine rings is 1. The molecular weight excluding hydrogens is 412 g/mol. The highest BCUT2D eigenvalue weighted by atomic mass is 16.5. The summed E-state index contributed by atoms with van der Waals surface area (Å²) in [7, 11) is 0. The van der Waals surface area contributed by atoms with Crippen LogP contribution in [0.25, 0.3) is 16.6 Å². The summed E-state index contributed by atoms with van der Waals surface area (Å²) in [6, 6.07) is 16.4. The highest BCUT2D eigenvalue weighted by Crippen LogP contribution is 2.28. The number of aromatic nitrogens is 4. The Labute approximate surface area is 196 Å². The Hall–Kier alpha value is -3.28. The molecule has 0 atom stereocenters. The Kier molecular flexibility index (Phi) is 6.86. The van der Waals surface area contributed by atoms with E-state index in [2.05, 4.69) is 87.4 Å². The van der Waals surface area contributed by atoms with E-state index in [0.29, 0.717) is 6.61 Å². The first-order valence-corrected chi connectivity index (χ1v) is 11.5. The van der Waals surface area contributed by atoms with Gasteiger partial charge in [-0.3, -0.25) is 0 Å². The third kappa shape index (κ3) is 5.21. The Balaban J connectivity index is 0.000000176. The van der Waals surface area contributed by atoms with E-state index in [1.807, 2.05) is 32.0 Å². The number of carbonyl (C=O) groups is 1. The molecule has 0 aliphatic carbocycles. The largest absolute Gasteiger partial charge is 0.457 e. The van der Waals surface area contributed by atoms with Crippen LogP contribution in [0, 0.1) is 0 Å². The van der Waals surface area contributed by atoms with E-state index in [9.17, 15) is 4.79 Å². The van der Waals surface area contributed by atoms with Gasteiger partial charge in [0.05, 0.1) is 11.1 Å². The summed E-state index contributed by atoms with van der Waals surface area (Å²) in [6.07, 6.45) is 0. The summed E-state index contributed by atoms with van der Waals surface area (Å²) in [5, 5.41) is 12.8. The summed E-state index contributed by atoms with van der Waals surface area (Å²) >= 11 is 0. The predicted octanol–water partition coefficient (Wildman–Crippen LogP) is 6.26. The number of cyclic esters (lactones) is 1. The molecule has 1 aliphatic heterocycles. The molecule has 0 N–H and O–H groups in total. The van der Waals surface area contributed by atoms with E-state index in [-0.39, 0.29) is 16.8 Å². The normalized spacial score (nSPS) is 13.0. The van der Waals surface area contributed by atoms with Crippen LogP contribution in [-0.2, 0) is 22.2 Å². The molecule has 0 unspecified atom stereocenters. The SMILES string of the molecule is CC.CC(C)(C)c1ccc2c(c1)COC2=O.CC(C)(C)c1ccc2c(ccc3nnnn32)c1. The number of hydrogen-bond acceptors (Lipinski definition) is 5. The summed E-state index contributed by atoms with van der Waals surface area (Å²) in [5.74, 6) is -0.194. The molecule has 174 valence electrons. The molecule has 0 radical (unpaired) electrons. The quantitative estimate of drug-likeness (QED) is 0.298. The molecule has 33 heavy (non-hydrogen) atoms. The maximum Gasteiger partial charge on any atom is 0.338 e. The third-order valence-corrected chi connectivity index (χ3v) is 5.58. The van der Waals surface area contributed by atoms with E-state index in [1.54, 1.807) is 4.52 Å². The fourth-order valence-electron chi connectivity index (χ4n) is 3.58. The Bertz CT molecular complexity index is 1280. The highest BCUT2D eigenvalue weighted by molar-refractivity contribution is 5.93. The zero-order valence-electron chi connectivity index (χ0n) is 20.9. The molecule has 6 heteroatoms. The molecule has 1 aliphatic rings. The molecule has 0 amide bonds. The molecule has 0 saturated heterocycles. The number of nitrogens with zero attached hydrogens (tertiary/aromatic N) is 4. The van der Waals surface area contributed by atoms with E-state index >= 15 is 0 Å². The van der Waals surface area contributed by atoms with Gasteiger partial charge in [0.15, 0.2) is 5.65 Å². The van der Waals surface area contributed by atoms with Crippen LogP contribution in [-0.4, -0.2) is 26.0 Å². The van der Waals surface area contributed by atoms with Crippen molar-refractivity contribution in [1.82, 2.24) is 20.0 Å². The second kappa shape index (κ2) is 9.30. The van der Waals surface area contributed by atoms with Gasteiger partial charge in [-0.2, -0.15) is 4.52 Å². The monoisotopic (exact) mass is 446 g/mol. The molecule has 6 nitrogen and oxygen atoms in total. The smallest absolute Gasteiger partial charge is 0.338 e. The molecule has 2 aromatic carbocycles. The van der Waals surface area contributed by atoms with Gasteiger partial charge in [0, 0.05) is 10.9 Å². The zero-order valence-corrected chi connectivity index (χ0v) is 20.9. The van der Waals surface area contributed by atoms with E-state index < -0.39 is 0 Å². The number of carbonyl (C=O) groups excluding carboxylic acids is 1. The molecule has 0 bridgehead atoms. The number of ether oxygens (including phenoxy) is 1. The van der Waals surface area contributed by atoms with Crippen molar-refractivity contribution in [3.63, 3.8) is 0 Å². The number of rotatable bonds is 0.